The summed E-state index contributed by atoms with van der Waals surface area (Å²) in [6.07, 6.45) is 2.38. The molecular formula is C15H31NO. The number of likely N-dealkylation sites (tertiary alicyclic amines) is 1. The van der Waals surface area contributed by atoms with Crippen LogP contribution in [0, 0.1) is 16.7 Å². The van der Waals surface area contributed by atoms with E-state index in [9.17, 15) is 5.11 Å². The first kappa shape index (κ1) is 15.0. The SMILES string of the molecule is CC(O)C(C)(C)CN1CCC(C(C)(C)C)CC1. The molecule has 1 fully saturated rings. The van der Waals surface area contributed by atoms with Crippen molar-refractivity contribution in [3.63, 3.8) is 0 Å². The molecule has 0 bridgehead atoms. The summed E-state index contributed by atoms with van der Waals surface area (Å²) in [7, 11) is 0. The van der Waals surface area contributed by atoms with Gasteiger partial charge in [-0.25, -0.2) is 0 Å². The zero-order chi connectivity index (χ0) is 13.3. The van der Waals surface area contributed by atoms with Crippen molar-refractivity contribution in [2.24, 2.45) is 16.7 Å². The zero-order valence-electron chi connectivity index (χ0n) is 12.6. The Morgan fingerprint density at radius 3 is 1.94 bits per heavy atom. The van der Waals surface area contributed by atoms with E-state index in [-0.39, 0.29) is 11.5 Å². The van der Waals surface area contributed by atoms with Crippen LogP contribution in [-0.2, 0) is 0 Å². The average Bonchev–Trinajstić information content (AvgIpc) is 2.16. The lowest BCUT2D eigenvalue weighted by molar-refractivity contribution is 0.0168. The highest BCUT2D eigenvalue weighted by atomic mass is 16.3. The van der Waals surface area contributed by atoms with Gasteiger partial charge in [-0.15, -0.1) is 0 Å². The minimum absolute atomic E-state index is 0.00850. The van der Waals surface area contributed by atoms with Crippen LogP contribution in [0.4, 0.5) is 0 Å². The molecule has 1 aliphatic rings. The van der Waals surface area contributed by atoms with E-state index in [1.807, 2.05) is 6.92 Å². The third-order valence-electron chi connectivity index (χ3n) is 4.57. The van der Waals surface area contributed by atoms with Gasteiger partial charge < -0.3 is 10.0 Å². The van der Waals surface area contributed by atoms with Crippen molar-refractivity contribution in [1.82, 2.24) is 4.90 Å². The van der Waals surface area contributed by atoms with Crippen molar-refractivity contribution in [3.05, 3.63) is 0 Å². The Hall–Kier alpha value is -0.0800. The van der Waals surface area contributed by atoms with Gasteiger partial charge in [-0.05, 0) is 44.2 Å². The van der Waals surface area contributed by atoms with Crippen LogP contribution < -0.4 is 0 Å². The van der Waals surface area contributed by atoms with E-state index in [0.717, 1.165) is 12.5 Å². The summed E-state index contributed by atoms with van der Waals surface area (Å²) >= 11 is 0. The van der Waals surface area contributed by atoms with Gasteiger partial charge in [0, 0.05) is 12.0 Å². The Morgan fingerprint density at radius 1 is 1.12 bits per heavy atom. The van der Waals surface area contributed by atoms with E-state index in [0.29, 0.717) is 5.41 Å². The fourth-order valence-electron chi connectivity index (χ4n) is 2.67. The molecule has 2 nitrogen and oxygen atoms in total. The van der Waals surface area contributed by atoms with Crippen LogP contribution in [0.3, 0.4) is 0 Å². The number of aliphatic hydroxyl groups is 1. The molecule has 102 valence electrons. The highest BCUT2D eigenvalue weighted by molar-refractivity contribution is 4.84. The van der Waals surface area contributed by atoms with Gasteiger partial charge in [0.15, 0.2) is 0 Å². The van der Waals surface area contributed by atoms with E-state index in [4.69, 9.17) is 0 Å². The number of piperidine rings is 1. The summed E-state index contributed by atoms with van der Waals surface area (Å²) in [4.78, 5) is 2.52. The molecule has 0 aromatic heterocycles. The van der Waals surface area contributed by atoms with Gasteiger partial charge in [0.2, 0.25) is 0 Å². The average molecular weight is 241 g/mol. The topological polar surface area (TPSA) is 23.5 Å². The molecule has 1 aliphatic heterocycles. The molecule has 1 rings (SSSR count). The predicted octanol–water partition coefficient (Wildman–Crippen LogP) is 3.15. The molecule has 0 amide bonds. The summed E-state index contributed by atoms with van der Waals surface area (Å²) in [6, 6.07) is 0. The fraction of sp³-hybridized carbons (Fsp3) is 1.00. The van der Waals surface area contributed by atoms with Gasteiger partial charge in [0.05, 0.1) is 6.10 Å². The monoisotopic (exact) mass is 241 g/mol. The first-order valence-corrected chi connectivity index (χ1v) is 7.03. The van der Waals surface area contributed by atoms with Crippen LogP contribution in [0.2, 0.25) is 0 Å². The van der Waals surface area contributed by atoms with Gasteiger partial charge in [-0.3, -0.25) is 0 Å². The molecule has 1 N–H and O–H groups in total. The molecule has 1 heterocycles. The van der Waals surface area contributed by atoms with Crippen molar-refractivity contribution in [2.75, 3.05) is 19.6 Å². The van der Waals surface area contributed by atoms with E-state index >= 15 is 0 Å². The quantitative estimate of drug-likeness (QED) is 0.820. The van der Waals surface area contributed by atoms with Crippen molar-refractivity contribution in [3.8, 4) is 0 Å². The van der Waals surface area contributed by atoms with E-state index in [1.54, 1.807) is 0 Å². The number of rotatable bonds is 3. The Balaban J connectivity index is 2.43. The summed E-state index contributed by atoms with van der Waals surface area (Å²) in [5.74, 6) is 0.855. The van der Waals surface area contributed by atoms with Crippen LogP contribution in [0.1, 0.15) is 54.4 Å². The van der Waals surface area contributed by atoms with Crippen molar-refractivity contribution in [2.45, 2.75) is 60.5 Å². The first-order valence-electron chi connectivity index (χ1n) is 7.03. The van der Waals surface area contributed by atoms with E-state index < -0.39 is 0 Å². The molecule has 0 radical (unpaired) electrons. The molecule has 1 unspecified atom stereocenters. The van der Waals surface area contributed by atoms with Gasteiger partial charge in [0.1, 0.15) is 0 Å². The van der Waals surface area contributed by atoms with Gasteiger partial charge in [-0.1, -0.05) is 34.6 Å². The van der Waals surface area contributed by atoms with Crippen molar-refractivity contribution in [1.29, 1.82) is 0 Å². The van der Waals surface area contributed by atoms with E-state index in [1.165, 1.54) is 25.9 Å². The first-order chi connectivity index (χ1) is 7.63. The lowest BCUT2D eigenvalue weighted by Gasteiger charge is -2.42. The third-order valence-corrected chi connectivity index (χ3v) is 4.57. The number of nitrogens with zero attached hydrogens (tertiary/aromatic N) is 1. The summed E-state index contributed by atoms with van der Waals surface area (Å²) in [5, 5.41) is 9.77. The van der Waals surface area contributed by atoms with Crippen LogP contribution in [0.5, 0.6) is 0 Å². The maximum Gasteiger partial charge on any atom is 0.0575 e. The van der Waals surface area contributed by atoms with Crippen LogP contribution in [0.25, 0.3) is 0 Å². The van der Waals surface area contributed by atoms with Crippen molar-refractivity contribution >= 4 is 0 Å². The molecule has 0 aliphatic carbocycles. The van der Waals surface area contributed by atoms with Crippen LogP contribution in [0.15, 0.2) is 0 Å². The highest BCUT2D eigenvalue weighted by Gasteiger charge is 2.32. The largest absolute Gasteiger partial charge is 0.393 e. The molecule has 17 heavy (non-hydrogen) atoms. The molecule has 0 aromatic rings. The smallest absolute Gasteiger partial charge is 0.0575 e. The molecule has 1 atom stereocenters. The predicted molar refractivity (Wildman–Crippen MR) is 74.1 cm³/mol. The summed E-state index contributed by atoms with van der Waals surface area (Å²) < 4.78 is 0. The maximum absolute atomic E-state index is 9.77. The molecule has 1 saturated heterocycles. The summed E-state index contributed by atoms with van der Waals surface area (Å²) in [5.41, 5.74) is 0.459. The zero-order valence-corrected chi connectivity index (χ0v) is 12.6. The minimum Gasteiger partial charge on any atom is -0.393 e. The Kier molecular flexibility index (Phi) is 4.65. The maximum atomic E-state index is 9.77. The second-order valence-electron chi connectivity index (χ2n) is 7.58. The highest BCUT2D eigenvalue weighted by Crippen LogP contribution is 2.35. The van der Waals surface area contributed by atoms with Gasteiger partial charge >= 0.3 is 0 Å². The molecule has 0 saturated carbocycles. The number of hydrogen-bond acceptors (Lipinski definition) is 2. The number of aliphatic hydroxyl groups excluding tert-OH is 1. The minimum atomic E-state index is -0.233. The third kappa shape index (κ3) is 4.26. The Bertz CT molecular complexity index is 232. The fourth-order valence-corrected chi connectivity index (χ4v) is 2.67. The molecule has 0 aromatic carbocycles. The lowest BCUT2D eigenvalue weighted by Crippen LogP contribution is -2.45. The Morgan fingerprint density at radius 2 is 1.59 bits per heavy atom. The lowest BCUT2D eigenvalue weighted by atomic mass is 9.75. The van der Waals surface area contributed by atoms with Gasteiger partial charge in [-0.2, -0.15) is 0 Å². The number of hydrogen-bond donors (Lipinski definition) is 1. The van der Waals surface area contributed by atoms with E-state index in [2.05, 4.69) is 39.5 Å². The molecule has 0 spiro atoms. The van der Waals surface area contributed by atoms with Crippen LogP contribution in [-0.4, -0.2) is 35.7 Å². The second kappa shape index (κ2) is 5.27. The normalized spacial score (nSPS) is 22.8. The summed E-state index contributed by atoms with van der Waals surface area (Å²) in [6.45, 7) is 16.7. The van der Waals surface area contributed by atoms with Crippen LogP contribution >= 0.6 is 0 Å². The second-order valence-corrected chi connectivity index (χ2v) is 7.58. The standard InChI is InChI=1S/C15H31NO/c1-12(17)15(5,6)11-16-9-7-13(8-10-16)14(2,3)4/h12-13,17H,7-11H2,1-6H3. The molecular weight excluding hydrogens is 210 g/mol. The Labute approximate surface area is 107 Å². The molecule has 2 heteroatoms. The van der Waals surface area contributed by atoms with Crippen molar-refractivity contribution < 1.29 is 5.11 Å². The van der Waals surface area contributed by atoms with Gasteiger partial charge in [0.25, 0.3) is 0 Å².